The van der Waals surface area contributed by atoms with Crippen LogP contribution in [0, 0.1) is 5.92 Å². The standard InChI is InChI=1S/C13H17Cl2NO2/c1-17-8-13(9-2-3-16-7-9)18-12-5-10(14)4-11(15)6-12/h4-6,9,13,16H,2-3,7-8H2,1H3. The molecule has 2 unspecified atom stereocenters. The summed E-state index contributed by atoms with van der Waals surface area (Å²) < 4.78 is 11.2. The summed E-state index contributed by atoms with van der Waals surface area (Å²) in [5, 5.41) is 4.50. The molecule has 0 bridgehead atoms. The van der Waals surface area contributed by atoms with E-state index in [0.717, 1.165) is 19.5 Å². The summed E-state index contributed by atoms with van der Waals surface area (Å²) >= 11 is 11.9. The average molecular weight is 290 g/mol. The van der Waals surface area contributed by atoms with Gasteiger partial charge in [-0.3, -0.25) is 0 Å². The fourth-order valence-corrected chi connectivity index (χ4v) is 2.70. The highest BCUT2D eigenvalue weighted by Crippen LogP contribution is 2.27. The zero-order valence-electron chi connectivity index (χ0n) is 10.3. The van der Waals surface area contributed by atoms with Gasteiger partial charge in [-0.1, -0.05) is 23.2 Å². The average Bonchev–Trinajstić information content (AvgIpc) is 2.80. The van der Waals surface area contributed by atoms with Gasteiger partial charge in [0.1, 0.15) is 11.9 Å². The van der Waals surface area contributed by atoms with Crippen molar-refractivity contribution in [2.24, 2.45) is 5.92 Å². The summed E-state index contributed by atoms with van der Waals surface area (Å²) in [6.07, 6.45) is 1.13. The molecule has 0 saturated carbocycles. The maximum absolute atomic E-state index is 5.97. The van der Waals surface area contributed by atoms with E-state index in [0.29, 0.717) is 28.3 Å². The maximum atomic E-state index is 5.97. The van der Waals surface area contributed by atoms with Crippen LogP contribution in [0.1, 0.15) is 6.42 Å². The van der Waals surface area contributed by atoms with Gasteiger partial charge in [-0.05, 0) is 31.2 Å². The largest absolute Gasteiger partial charge is 0.488 e. The van der Waals surface area contributed by atoms with Crippen molar-refractivity contribution in [2.75, 3.05) is 26.8 Å². The second-order valence-corrected chi connectivity index (χ2v) is 5.34. The van der Waals surface area contributed by atoms with E-state index in [9.17, 15) is 0 Å². The topological polar surface area (TPSA) is 30.5 Å². The molecule has 1 fully saturated rings. The molecule has 0 spiro atoms. The van der Waals surface area contributed by atoms with Crippen molar-refractivity contribution in [3.8, 4) is 5.75 Å². The molecule has 0 amide bonds. The minimum absolute atomic E-state index is 0.0273. The number of ether oxygens (including phenoxy) is 2. The fourth-order valence-electron chi connectivity index (χ4n) is 2.20. The zero-order valence-corrected chi connectivity index (χ0v) is 11.8. The Morgan fingerprint density at radius 3 is 2.61 bits per heavy atom. The van der Waals surface area contributed by atoms with Crippen LogP contribution >= 0.6 is 23.2 Å². The molecule has 3 nitrogen and oxygen atoms in total. The van der Waals surface area contributed by atoms with Gasteiger partial charge in [-0.25, -0.2) is 0 Å². The van der Waals surface area contributed by atoms with E-state index in [1.807, 2.05) is 0 Å². The summed E-state index contributed by atoms with van der Waals surface area (Å²) in [5.74, 6) is 1.16. The van der Waals surface area contributed by atoms with Crippen molar-refractivity contribution in [3.63, 3.8) is 0 Å². The molecular formula is C13H17Cl2NO2. The van der Waals surface area contributed by atoms with Crippen LogP contribution in [0.15, 0.2) is 18.2 Å². The van der Waals surface area contributed by atoms with Crippen molar-refractivity contribution in [1.29, 1.82) is 0 Å². The second kappa shape index (κ2) is 6.62. The Balaban J connectivity index is 2.07. The van der Waals surface area contributed by atoms with Crippen LogP contribution in [0.5, 0.6) is 5.75 Å². The molecule has 1 aliphatic rings. The Bertz CT molecular complexity index is 374. The normalized spacial score (nSPS) is 20.9. The first kappa shape index (κ1) is 13.9. The van der Waals surface area contributed by atoms with Crippen LogP contribution in [-0.2, 0) is 4.74 Å². The lowest BCUT2D eigenvalue weighted by Gasteiger charge is -2.23. The highest BCUT2D eigenvalue weighted by atomic mass is 35.5. The minimum Gasteiger partial charge on any atom is -0.488 e. The molecule has 2 atom stereocenters. The molecule has 1 heterocycles. The smallest absolute Gasteiger partial charge is 0.126 e. The van der Waals surface area contributed by atoms with E-state index in [2.05, 4.69) is 5.32 Å². The first-order valence-electron chi connectivity index (χ1n) is 6.01. The second-order valence-electron chi connectivity index (χ2n) is 4.47. The Hall–Kier alpha value is -0.480. The van der Waals surface area contributed by atoms with Crippen molar-refractivity contribution >= 4 is 23.2 Å². The van der Waals surface area contributed by atoms with Gasteiger partial charge < -0.3 is 14.8 Å². The number of nitrogens with one attached hydrogen (secondary N) is 1. The van der Waals surface area contributed by atoms with Crippen molar-refractivity contribution < 1.29 is 9.47 Å². The molecule has 1 N–H and O–H groups in total. The third-order valence-corrected chi connectivity index (χ3v) is 3.52. The van der Waals surface area contributed by atoms with Crippen LogP contribution in [0.4, 0.5) is 0 Å². The zero-order chi connectivity index (χ0) is 13.0. The highest BCUT2D eigenvalue weighted by molar-refractivity contribution is 6.34. The van der Waals surface area contributed by atoms with Crippen molar-refractivity contribution in [2.45, 2.75) is 12.5 Å². The van der Waals surface area contributed by atoms with E-state index in [1.165, 1.54) is 0 Å². The third kappa shape index (κ3) is 3.75. The van der Waals surface area contributed by atoms with Crippen molar-refractivity contribution in [1.82, 2.24) is 5.32 Å². The molecule has 1 saturated heterocycles. The van der Waals surface area contributed by atoms with Crippen molar-refractivity contribution in [3.05, 3.63) is 28.2 Å². The molecular weight excluding hydrogens is 273 g/mol. The maximum Gasteiger partial charge on any atom is 0.126 e. The van der Waals surface area contributed by atoms with Gasteiger partial charge in [0.25, 0.3) is 0 Å². The van der Waals surface area contributed by atoms with E-state index >= 15 is 0 Å². The number of rotatable bonds is 5. The van der Waals surface area contributed by atoms with Crippen LogP contribution in [0.2, 0.25) is 10.0 Å². The molecule has 5 heteroatoms. The fraction of sp³-hybridized carbons (Fsp3) is 0.538. The van der Waals surface area contributed by atoms with Gasteiger partial charge in [0, 0.05) is 29.6 Å². The number of hydrogen-bond acceptors (Lipinski definition) is 3. The van der Waals surface area contributed by atoms with Gasteiger partial charge in [-0.15, -0.1) is 0 Å². The Morgan fingerprint density at radius 2 is 2.06 bits per heavy atom. The lowest BCUT2D eigenvalue weighted by atomic mass is 10.0. The van der Waals surface area contributed by atoms with Gasteiger partial charge in [0.15, 0.2) is 0 Å². The number of methoxy groups -OCH3 is 1. The molecule has 1 aromatic rings. The quantitative estimate of drug-likeness (QED) is 0.904. The molecule has 0 aromatic heterocycles. The first-order valence-corrected chi connectivity index (χ1v) is 6.77. The number of halogens is 2. The van der Waals surface area contributed by atoms with E-state index < -0.39 is 0 Å². The molecule has 1 aliphatic heterocycles. The molecule has 2 rings (SSSR count). The summed E-state index contributed by atoms with van der Waals surface area (Å²) in [7, 11) is 1.68. The van der Waals surface area contributed by atoms with E-state index in [-0.39, 0.29) is 6.10 Å². The number of hydrogen-bond donors (Lipinski definition) is 1. The summed E-state index contributed by atoms with van der Waals surface area (Å²) in [4.78, 5) is 0. The molecule has 0 radical (unpaired) electrons. The van der Waals surface area contributed by atoms with Crippen LogP contribution in [0.25, 0.3) is 0 Å². The van der Waals surface area contributed by atoms with Crippen LogP contribution < -0.4 is 10.1 Å². The Labute approximate surface area is 117 Å². The summed E-state index contributed by atoms with van der Waals surface area (Å²) in [6, 6.07) is 5.25. The molecule has 0 aliphatic carbocycles. The summed E-state index contributed by atoms with van der Waals surface area (Å²) in [5.41, 5.74) is 0. The molecule has 18 heavy (non-hydrogen) atoms. The van der Waals surface area contributed by atoms with Gasteiger partial charge >= 0.3 is 0 Å². The van der Waals surface area contributed by atoms with Gasteiger partial charge in [-0.2, -0.15) is 0 Å². The van der Waals surface area contributed by atoms with E-state index in [4.69, 9.17) is 32.7 Å². The minimum atomic E-state index is 0.0273. The first-order chi connectivity index (χ1) is 8.69. The van der Waals surface area contributed by atoms with E-state index in [1.54, 1.807) is 25.3 Å². The predicted molar refractivity (Wildman–Crippen MR) is 73.7 cm³/mol. The Kier molecular flexibility index (Phi) is 5.13. The SMILES string of the molecule is COCC(Oc1cc(Cl)cc(Cl)c1)C1CCNC1. The third-order valence-electron chi connectivity index (χ3n) is 3.08. The monoisotopic (exact) mass is 289 g/mol. The molecule has 1 aromatic carbocycles. The summed E-state index contributed by atoms with van der Waals surface area (Å²) in [6.45, 7) is 2.56. The predicted octanol–water partition coefficient (Wildman–Crippen LogP) is 3.00. The van der Waals surface area contributed by atoms with Crippen LogP contribution in [-0.4, -0.2) is 32.9 Å². The van der Waals surface area contributed by atoms with Crippen LogP contribution in [0.3, 0.4) is 0 Å². The lowest BCUT2D eigenvalue weighted by molar-refractivity contribution is 0.0483. The highest BCUT2D eigenvalue weighted by Gasteiger charge is 2.26. The molecule has 100 valence electrons. The van der Waals surface area contributed by atoms with Gasteiger partial charge in [0.05, 0.1) is 6.61 Å². The number of benzene rings is 1. The lowest BCUT2D eigenvalue weighted by Crippen LogP contribution is -2.33. The Morgan fingerprint density at radius 1 is 1.33 bits per heavy atom. The van der Waals surface area contributed by atoms with Gasteiger partial charge in [0.2, 0.25) is 0 Å².